The molecule has 2 nitrogen and oxygen atoms in total. The highest BCUT2D eigenvalue weighted by atomic mass is 32.2. The zero-order valence-electron chi connectivity index (χ0n) is 10.6. The van der Waals surface area contributed by atoms with Gasteiger partial charge < -0.3 is 4.90 Å². The fraction of sp³-hybridized carbons (Fsp3) is 0.462. The molecule has 1 aromatic carbocycles. The van der Waals surface area contributed by atoms with E-state index in [0.717, 1.165) is 16.4 Å². The lowest BCUT2D eigenvalue weighted by atomic mass is 10.2. The first kappa shape index (κ1) is 15.6. The first-order valence-electron chi connectivity index (χ1n) is 6.12. The van der Waals surface area contributed by atoms with Crippen molar-refractivity contribution in [2.45, 2.75) is 11.7 Å². The van der Waals surface area contributed by atoms with Crippen LogP contribution in [0.1, 0.15) is 0 Å². The molecule has 0 radical (unpaired) electrons. The van der Waals surface area contributed by atoms with Crippen LogP contribution in [0, 0.1) is 5.82 Å². The van der Waals surface area contributed by atoms with Gasteiger partial charge in [-0.05, 0) is 24.3 Å². The second kappa shape index (κ2) is 7.26. The van der Waals surface area contributed by atoms with Crippen LogP contribution in [0.15, 0.2) is 24.3 Å². The largest absolute Gasteiger partial charge is 0.306 e. The summed E-state index contributed by atoms with van der Waals surface area (Å²) in [7, 11) is 0. The molecule has 2 rings (SSSR count). The fourth-order valence-corrected chi connectivity index (χ4v) is 4.49. The van der Waals surface area contributed by atoms with Gasteiger partial charge in [0.15, 0.2) is 0 Å². The standard InChI is InChI=1S/C13H14F3NOS2/c14-9-1-3-10(4-2-9)17(7-12(15)16)13(18)11-8-19-5-6-20-11/h1-4,11-12H,5-8H2/t11-/m0/s1. The summed E-state index contributed by atoms with van der Waals surface area (Å²) in [6, 6.07) is 5.06. The van der Waals surface area contributed by atoms with Gasteiger partial charge in [-0.3, -0.25) is 4.79 Å². The van der Waals surface area contributed by atoms with E-state index >= 15 is 0 Å². The predicted molar refractivity (Wildman–Crippen MR) is 78.3 cm³/mol. The predicted octanol–water partition coefficient (Wildman–Crippen LogP) is 3.27. The molecular weight excluding hydrogens is 307 g/mol. The Labute approximate surface area is 124 Å². The molecule has 1 aliphatic rings. The first-order chi connectivity index (χ1) is 9.58. The molecule has 20 heavy (non-hydrogen) atoms. The van der Waals surface area contributed by atoms with Crippen molar-refractivity contribution in [3.63, 3.8) is 0 Å². The molecule has 1 aromatic rings. The van der Waals surface area contributed by atoms with Gasteiger partial charge >= 0.3 is 0 Å². The number of hydrogen-bond donors (Lipinski definition) is 0. The van der Waals surface area contributed by atoms with Crippen LogP contribution in [-0.4, -0.2) is 41.4 Å². The van der Waals surface area contributed by atoms with Crippen molar-refractivity contribution >= 4 is 35.1 Å². The topological polar surface area (TPSA) is 20.3 Å². The molecule has 1 fully saturated rings. The van der Waals surface area contributed by atoms with Gasteiger partial charge in [0.1, 0.15) is 5.82 Å². The lowest BCUT2D eigenvalue weighted by Crippen LogP contribution is -2.42. The van der Waals surface area contributed by atoms with Gasteiger partial charge in [-0.15, -0.1) is 11.8 Å². The third-order valence-electron chi connectivity index (χ3n) is 2.82. The minimum Gasteiger partial charge on any atom is -0.306 e. The van der Waals surface area contributed by atoms with Crippen LogP contribution < -0.4 is 4.90 Å². The molecule has 0 unspecified atom stereocenters. The van der Waals surface area contributed by atoms with Gasteiger partial charge in [-0.1, -0.05) is 0 Å². The summed E-state index contributed by atoms with van der Waals surface area (Å²) in [5.74, 6) is 1.66. The number of amides is 1. The van der Waals surface area contributed by atoms with Crippen molar-refractivity contribution in [3.8, 4) is 0 Å². The summed E-state index contributed by atoms with van der Waals surface area (Å²) in [5.41, 5.74) is 0.313. The van der Waals surface area contributed by atoms with Crippen molar-refractivity contribution in [2.24, 2.45) is 0 Å². The van der Waals surface area contributed by atoms with Gasteiger partial charge in [0.2, 0.25) is 5.91 Å². The first-order valence-corrected chi connectivity index (χ1v) is 8.32. The molecule has 0 N–H and O–H groups in total. The Morgan fingerprint density at radius 3 is 2.55 bits per heavy atom. The summed E-state index contributed by atoms with van der Waals surface area (Å²) in [6.45, 7) is -0.661. The number of benzene rings is 1. The lowest BCUT2D eigenvalue weighted by molar-refractivity contribution is -0.118. The Balaban J connectivity index is 2.17. The maximum atomic E-state index is 12.9. The van der Waals surface area contributed by atoms with Gasteiger partial charge in [0.05, 0.1) is 11.8 Å². The molecule has 110 valence electrons. The molecule has 0 aliphatic carbocycles. The number of anilines is 1. The van der Waals surface area contributed by atoms with E-state index in [4.69, 9.17) is 0 Å². The van der Waals surface area contributed by atoms with E-state index < -0.39 is 18.8 Å². The number of alkyl halides is 2. The van der Waals surface area contributed by atoms with Crippen molar-refractivity contribution in [3.05, 3.63) is 30.1 Å². The molecule has 1 atom stereocenters. The molecule has 0 saturated carbocycles. The van der Waals surface area contributed by atoms with E-state index in [-0.39, 0.29) is 11.2 Å². The molecule has 1 saturated heterocycles. The summed E-state index contributed by atoms with van der Waals surface area (Å²) in [4.78, 5) is 13.4. The van der Waals surface area contributed by atoms with Gasteiger partial charge in [-0.2, -0.15) is 11.8 Å². The molecule has 0 aromatic heterocycles. The Morgan fingerprint density at radius 1 is 1.30 bits per heavy atom. The number of carbonyl (C=O) groups is 1. The monoisotopic (exact) mass is 321 g/mol. The molecule has 1 aliphatic heterocycles. The van der Waals surface area contributed by atoms with Crippen LogP contribution in [0.5, 0.6) is 0 Å². The minimum atomic E-state index is -2.62. The zero-order valence-corrected chi connectivity index (χ0v) is 12.2. The lowest BCUT2D eigenvalue weighted by Gasteiger charge is -2.28. The van der Waals surface area contributed by atoms with Crippen LogP contribution in [0.2, 0.25) is 0 Å². The van der Waals surface area contributed by atoms with Gasteiger partial charge in [0.25, 0.3) is 6.43 Å². The van der Waals surface area contributed by atoms with Crippen molar-refractivity contribution < 1.29 is 18.0 Å². The third kappa shape index (κ3) is 4.09. The summed E-state index contributed by atoms with van der Waals surface area (Å²) >= 11 is 3.14. The van der Waals surface area contributed by atoms with E-state index in [1.54, 1.807) is 11.8 Å². The van der Waals surface area contributed by atoms with Crippen molar-refractivity contribution in [2.75, 3.05) is 28.7 Å². The fourth-order valence-electron chi connectivity index (χ4n) is 1.89. The Morgan fingerprint density at radius 2 is 2.00 bits per heavy atom. The smallest absolute Gasteiger partial charge is 0.256 e. The van der Waals surface area contributed by atoms with Crippen LogP contribution in [0.3, 0.4) is 0 Å². The van der Waals surface area contributed by atoms with Crippen molar-refractivity contribution in [1.82, 2.24) is 0 Å². The SMILES string of the molecule is O=C([C@@H]1CSCCS1)N(CC(F)F)c1ccc(F)cc1. The molecule has 7 heteroatoms. The highest BCUT2D eigenvalue weighted by Gasteiger charge is 2.29. The maximum Gasteiger partial charge on any atom is 0.256 e. The average Bonchev–Trinajstić information content (AvgIpc) is 2.46. The maximum absolute atomic E-state index is 12.9. The molecule has 1 amide bonds. The number of nitrogens with zero attached hydrogens (tertiary/aromatic N) is 1. The van der Waals surface area contributed by atoms with Crippen LogP contribution in [0.4, 0.5) is 18.9 Å². The van der Waals surface area contributed by atoms with E-state index in [9.17, 15) is 18.0 Å². The Bertz CT molecular complexity index is 449. The van der Waals surface area contributed by atoms with E-state index in [2.05, 4.69) is 0 Å². The van der Waals surface area contributed by atoms with E-state index in [1.165, 1.54) is 36.0 Å². The zero-order chi connectivity index (χ0) is 14.5. The second-order valence-electron chi connectivity index (χ2n) is 4.25. The quantitative estimate of drug-likeness (QED) is 0.849. The normalized spacial score (nSPS) is 19.1. The highest BCUT2D eigenvalue weighted by Crippen LogP contribution is 2.28. The molecule has 1 heterocycles. The third-order valence-corrected chi connectivity index (χ3v) is 5.56. The Hall–Kier alpha value is -0.820. The number of thioether (sulfide) groups is 2. The Kier molecular flexibility index (Phi) is 5.65. The summed E-state index contributed by atoms with van der Waals surface area (Å²) in [5, 5.41) is -0.308. The number of hydrogen-bond acceptors (Lipinski definition) is 3. The average molecular weight is 321 g/mol. The number of rotatable bonds is 4. The van der Waals surface area contributed by atoms with Gasteiger partial charge in [0, 0.05) is 22.9 Å². The summed E-state index contributed by atoms with van der Waals surface area (Å²) < 4.78 is 38.3. The van der Waals surface area contributed by atoms with Crippen molar-refractivity contribution in [1.29, 1.82) is 0 Å². The van der Waals surface area contributed by atoms with Crippen LogP contribution in [-0.2, 0) is 4.79 Å². The van der Waals surface area contributed by atoms with Crippen LogP contribution >= 0.6 is 23.5 Å². The number of halogens is 3. The minimum absolute atomic E-state index is 0.308. The second-order valence-corrected chi connectivity index (χ2v) is 6.71. The molecular formula is C13H14F3NOS2. The van der Waals surface area contributed by atoms with E-state index in [0.29, 0.717) is 11.4 Å². The molecule has 0 bridgehead atoms. The number of carbonyl (C=O) groups excluding carboxylic acids is 1. The van der Waals surface area contributed by atoms with E-state index in [1.807, 2.05) is 0 Å². The van der Waals surface area contributed by atoms with Crippen LogP contribution in [0.25, 0.3) is 0 Å². The highest BCUT2D eigenvalue weighted by molar-refractivity contribution is 8.07. The molecule has 0 spiro atoms. The van der Waals surface area contributed by atoms with Gasteiger partial charge in [-0.25, -0.2) is 13.2 Å². The summed E-state index contributed by atoms with van der Waals surface area (Å²) in [6.07, 6.45) is -2.62.